The molecule has 0 aliphatic heterocycles. The molecule has 0 saturated heterocycles. The van der Waals surface area contributed by atoms with Gasteiger partial charge in [-0.3, -0.25) is 0 Å². The third-order valence-corrected chi connectivity index (χ3v) is 5.86. The summed E-state index contributed by atoms with van der Waals surface area (Å²) in [5, 5.41) is 9.20. The standard InChI is InChI=1S/C10H13ClO3S2/c1-8-2-4-10(5-3-8)16(13,14)15-7-9(12)6-11/h2-5,9,12H,6-7H2,1H3. The van der Waals surface area contributed by atoms with Gasteiger partial charge in [0, 0.05) is 11.6 Å². The Hall–Kier alpha value is -0.230. The van der Waals surface area contributed by atoms with Crippen molar-refractivity contribution in [2.45, 2.75) is 17.9 Å². The number of alkyl halides is 1. The molecule has 3 nitrogen and oxygen atoms in total. The van der Waals surface area contributed by atoms with E-state index in [1.807, 2.05) is 6.92 Å². The summed E-state index contributed by atoms with van der Waals surface area (Å²) in [5.41, 5.74) is 1.00. The number of halogens is 1. The molecule has 90 valence electrons. The van der Waals surface area contributed by atoms with Crippen molar-refractivity contribution in [3.05, 3.63) is 29.8 Å². The molecule has 1 aromatic rings. The van der Waals surface area contributed by atoms with Crippen LogP contribution in [0.1, 0.15) is 5.56 Å². The van der Waals surface area contributed by atoms with Gasteiger partial charge in [0.1, 0.15) is 0 Å². The molecule has 0 bridgehead atoms. The molecule has 1 atom stereocenters. The lowest BCUT2D eigenvalue weighted by atomic mass is 10.2. The van der Waals surface area contributed by atoms with Crippen LogP contribution in [0.2, 0.25) is 0 Å². The maximum atomic E-state index is 11.8. The number of hydrogen-bond acceptors (Lipinski definition) is 4. The molecule has 0 fully saturated rings. The fraction of sp³-hybridized carbons (Fsp3) is 0.400. The van der Waals surface area contributed by atoms with E-state index in [-0.39, 0.29) is 16.5 Å². The van der Waals surface area contributed by atoms with E-state index in [1.54, 1.807) is 24.3 Å². The van der Waals surface area contributed by atoms with Crippen LogP contribution in [-0.4, -0.2) is 31.3 Å². The van der Waals surface area contributed by atoms with Crippen LogP contribution in [0.25, 0.3) is 0 Å². The second-order valence-electron chi connectivity index (χ2n) is 3.36. The minimum atomic E-state index is -3.38. The first-order valence-corrected chi connectivity index (χ1v) is 8.18. The third kappa shape index (κ3) is 3.97. The number of aliphatic hydroxyl groups is 1. The maximum absolute atomic E-state index is 11.8. The Morgan fingerprint density at radius 2 is 1.94 bits per heavy atom. The van der Waals surface area contributed by atoms with Crippen LogP contribution in [0.4, 0.5) is 0 Å². The van der Waals surface area contributed by atoms with Crippen molar-refractivity contribution in [3.63, 3.8) is 0 Å². The molecule has 0 radical (unpaired) electrons. The van der Waals surface area contributed by atoms with Gasteiger partial charge in [-0.15, -0.1) is 11.6 Å². The van der Waals surface area contributed by atoms with Gasteiger partial charge < -0.3 is 5.11 Å². The lowest BCUT2D eigenvalue weighted by Gasteiger charge is -2.07. The third-order valence-electron chi connectivity index (χ3n) is 1.90. The molecule has 1 unspecified atom stereocenters. The summed E-state index contributed by atoms with van der Waals surface area (Å²) in [6.07, 6.45) is -0.799. The van der Waals surface area contributed by atoms with Gasteiger partial charge in [-0.2, -0.15) is 0 Å². The molecule has 6 heteroatoms. The highest BCUT2D eigenvalue weighted by Gasteiger charge is 2.16. The van der Waals surface area contributed by atoms with E-state index in [2.05, 4.69) is 0 Å². The fourth-order valence-electron chi connectivity index (χ4n) is 0.986. The average molecular weight is 281 g/mol. The zero-order valence-electron chi connectivity index (χ0n) is 8.76. The topological polar surface area (TPSA) is 54.4 Å². The van der Waals surface area contributed by atoms with Gasteiger partial charge >= 0.3 is 0 Å². The van der Waals surface area contributed by atoms with Gasteiger partial charge in [0.15, 0.2) is 0 Å². The number of hydrogen-bond donors (Lipinski definition) is 1. The lowest BCUT2D eigenvalue weighted by molar-refractivity contribution is 0.224. The van der Waals surface area contributed by atoms with E-state index < -0.39 is 15.0 Å². The largest absolute Gasteiger partial charge is 0.391 e. The summed E-state index contributed by atoms with van der Waals surface area (Å²) >= 11 is 5.39. The predicted octanol–water partition coefficient (Wildman–Crippen LogP) is 2.02. The molecule has 16 heavy (non-hydrogen) atoms. The summed E-state index contributed by atoms with van der Waals surface area (Å²) in [6.45, 7) is 1.89. The van der Waals surface area contributed by atoms with E-state index in [4.69, 9.17) is 11.6 Å². The summed E-state index contributed by atoms with van der Waals surface area (Å²) in [5.74, 6) is 0.121. The summed E-state index contributed by atoms with van der Waals surface area (Å²) in [4.78, 5) is 0.255. The number of aryl methyl sites for hydroxylation is 1. The first-order chi connectivity index (χ1) is 7.45. The monoisotopic (exact) mass is 280 g/mol. The first-order valence-electron chi connectivity index (χ1n) is 4.66. The molecule has 0 aliphatic rings. The Kier molecular flexibility index (Phi) is 5.11. The Morgan fingerprint density at radius 3 is 2.44 bits per heavy atom. The van der Waals surface area contributed by atoms with Gasteiger partial charge in [-0.25, -0.2) is 8.42 Å². The highest BCUT2D eigenvalue weighted by atomic mass is 35.5. The Bertz CT molecular complexity index is 428. The molecule has 1 rings (SSSR count). The molecular formula is C10H13ClO3S2. The van der Waals surface area contributed by atoms with Crippen molar-refractivity contribution in [2.75, 3.05) is 11.6 Å². The highest BCUT2D eigenvalue weighted by Crippen LogP contribution is 2.24. The zero-order chi connectivity index (χ0) is 12.2. The van der Waals surface area contributed by atoms with Gasteiger partial charge in [0.25, 0.3) is 0 Å². The van der Waals surface area contributed by atoms with Crippen molar-refractivity contribution in [1.82, 2.24) is 0 Å². The quantitative estimate of drug-likeness (QED) is 0.662. The van der Waals surface area contributed by atoms with Gasteiger partial charge in [-0.1, -0.05) is 17.7 Å². The molecule has 0 spiro atoms. The van der Waals surface area contributed by atoms with Gasteiger partial charge in [-0.05, 0) is 29.9 Å². The number of aliphatic hydroxyl groups excluding tert-OH is 1. The summed E-state index contributed by atoms with van der Waals surface area (Å²) in [7, 11) is -2.68. The van der Waals surface area contributed by atoms with Crippen LogP contribution < -0.4 is 0 Å². The summed E-state index contributed by atoms with van der Waals surface area (Å²) in [6, 6.07) is 6.60. The average Bonchev–Trinajstić information content (AvgIpc) is 2.26. The van der Waals surface area contributed by atoms with E-state index >= 15 is 0 Å². The van der Waals surface area contributed by atoms with E-state index in [0.717, 1.165) is 5.56 Å². The molecule has 0 heterocycles. The zero-order valence-corrected chi connectivity index (χ0v) is 11.1. The van der Waals surface area contributed by atoms with Gasteiger partial charge in [0.2, 0.25) is 8.87 Å². The first kappa shape index (κ1) is 13.8. The van der Waals surface area contributed by atoms with Crippen molar-refractivity contribution >= 4 is 31.3 Å². The summed E-state index contributed by atoms with van der Waals surface area (Å²) < 4.78 is 23.5. The van der Waals surface area contributed by atoms with Crippen molar-refractivity contribution in [2.24, 2.45) is 0 Å². The van der Waals surface area contributed by atoms with Gasteiger partial charge in [0.05, 0.1) is 11.0 Å². The second-order valence-corrected chi connectivity index (χ2v) is 7.64. The second kappa shape index (κ2) is 5.91. The Morgan fingerprint density at radius 1 is 1.38 bits per heavy atom. The molecule has 1 aromatic carbocycles. The SMILES string of the molecule is Cc1ccc(S(=O)(=O)SCC(O)CCl)cc1. The van der Waals surface area contributed by atoms with E-state index in [0.29, 0.717) is 10.8 Å². The minimum absolute atomic E-state index is 0.0381. The lowest BCUT2D eigenvalue weighted by Crippen LogP contribution is -2.13. The van der Waals surface area contributed by atoms with Crippen molar-refractivity contribution in [1.29, 1.82) is 0 Å². The van der Waals surface area contributed by atoms with Crippen molar-refractivity contribution in [3.8, 4) is 0 Å². The smallest absolute Gasteiger partial charge is 0.230 e. The van der Waals surface area contributed by atoms with Crippen molar-refractivity contribution < 1.29 is 13.5 Å². The normalized spacial score (nSPS) is 13.7. The fourth-order valence-corrected chi connectivity index (χ4v) is 4.03. The van der Waals surface area contributed by atoms with Crippen LogP contribution >= 0.6 is 22.4 Å². The van der Waals surface area contributed by atoms with Crippen LogP contribution in [0, 0.1) is 6.92 Å². The van der Waals surface area contributed by atoms with Crippen LogP contribution in [-0.2, 0) is 8.87 Å². The van der Waals surface area contributed by atoms with E-state index in [1.165, 1.54) is 0 Å². The van der Waals surface area contributed by atoms with E-state index in [9.17, 15) is 13.5 Å². The number of benzene rings is 1. The minimum Gasteiger partial charge on any atom is -0.391 e. The Balaban J connectivity index is 2.74. The molecule has 0 aliphatic carbocycles. The van der Waals surface area contributed by atoms with Crippen LogP contribution in [0.15, 0.2) is 29.2 Å². The molecule has 0 amide bonds. The maximum Gasteiger partial charge on any atom is 0.230 e. The number of rotatable bonds is 5. The molecule has 0 saturated carbocycles. The van der Waals surface area contributed by atoms with Crippen LogP contribution in [0.3, 0.4) is 0 Å². The van der Waals surface area contributed by atoms with Crippen LogP contribution in [0.5, 0.6) is 0 Å². The highest BCUT2D eigenvalue weighted by molar-refractivity contribution is 8.72. The Labute approximate surface area is 104 Å². The molecule has 0 aromatic heterocycles. The molecular weight excluding hydrogens is 268 g/mol. The predicted molar refractivity (Wildman–Crippen MR) is 67.5 cm³/mol. The molecule has 1 N–H and O–H groups in total.